The summed E-state index contributed by atoms with van der Waals surface area (Å²) < 4.78 is 1.88. The number of halogens is 1. The lowest BCUT2D eigenvalue weighted by atomic mass is 10.1. The number of hydrogen-bond donors (Lipinski definition) is 2. The quantitative estimate of drug-likeness (QED) is 0.524. The summed E-state index contributed by atoms with van der Waals surface area (Å²) in [6, 6.07) is 10.7. The van der Waals surface area contributed by atoms with Gasteiger partial charge in [-0.1, -0.05) is 11.6 Å². The van der Waals surface area contributed by atoms with Crippen molar-refractivity contribution in [2.45, 2.75) is 6.92 Å². The Morgan fingerprint density at radius 1 is 1.10 bits per heavy atom. The fraction of sp³-hybridized carbons (Fsp3) is 0.0909. The van der Waals surface area contributed by atoms with Crippen LogP contribution in [0.5, 0.6) is 0 Å². The number of rotatable bonds is 4. The van der Waals surface area contributed by atoms with Gasteiger partial charge in [-0.3, -0.25) is 14.6 Å². The molecule has 3 heterocycles. The summed E-state index contributed by atoms with van der Waals surface area (Å²) in [5.74, 6) is -0.794. The maximum Gasteiger partial charge on any atom is 0.276 e. The Kier molecular flexibility index (Phi) is 5.20. The molecule has 0 spiro atoms. The lowest BCUT2D eigenvalue weighted by molar-refractivity contribution is 0.0964. The van der Waals surface area contributed by atoms with E-state index in [1.54, 1.807) is 37.6 Å². The highest BCUT2D eigenvalue weighted by atomic mass is 35.5. The van der Waals surface area contributed by atoms with Crippen molar-refractivity contribution >= 4 is 34.6 Å². The van der Waals surface area contributed by atoms with Gasteiger partial charge in [-0.25, -0.2) is 4.98 Å². The van der Waals surface area contributed by atoms with Gasteiger partial charge < -0.3 is 15.0 Å². The van der Waals surface area contributed by atoms with Crippen LogP contribution in [0.1, 0.15) is 26.4 Å². The molecule has 7 nitrogen and oxygen atoms in total. The van der Waals surface area contributed by atoms with E-state index < -0.39 is 5.91 Å². The van der Waals surface area contributed by atoms with Crippen molar-refractivity contribution in [3.63, 3.8) is 0 Å². The van der Waals surface area contributed by atoms with E-state index in [1.807, 2.05) is 28.8 Å². The number of carbonyl (C=O) groups excluding carboxylic acids is 2. The van der Waals surface area contributed by atoms with Crippen LogP contribution < -0.4 is 10.6 Å². The van der Waals surface area contributed by atoms with Crippen molar-refractivity contribution in [3.05, 3.63) is 83.0 Å². The van der Waals surface area contributed by atoms with Crippen molar-refractivity contribution < 1.29 is 9.59 Å². The van der Waals surface area contributed by atoms with Crippen LogP contribution in [0.4, 0.5) is 5.69 Å². The average molecular weight is 420 g/mol. The number of carbonyl (C=O) groups is 2. The Morgan fingerprint density at radius 2 is 1.93 bits per heavy atom. The Labute approximate surface area is 177 Å². The number of nitrogens with one attached hydrogen (secondary N) is 2. The van der Waals surface area contributed by atoms with Gasteiger partial charge in [0.05, 0.1) is 28.7 Å². The first-order valence-corrected chi connectivity index (χ1v) is 9.57. The molecule has 0 bridgehead atoms. The van der Waals surface area contributed by atoms with Gasteiger partial charge in [-0.2, -0.15) is 0 Å². The number of benzene rings is 1. The van der Waals surface area contributed by atoms with Gasteiger partial charge in [0.25, 0.3) is 11.8 Å². The fourth-order valence-corrected chi connectivity index (χ4v) is 3.62. The molecule has 0 radical (unpaired) electrons. The van der Waals surface area contributed by atoms with E-state index in [4.69, 9.17) is 11.6 Å². The molecule has 0 saturated carbocycles. The second kappa shape index (κ2) is 7.96. The maximum atomic E-state index is 13.3. The number of amides is 2. The third-order valence-electron chi connectivity index (χ3n) is 4.73. The largest absolute Gasteiger partial charge is 0.355 e. The van der Waals surface area contributed by atoms with Crippen LogP contribution >= 0.6 is 11.6 Å². The predicted octanol–water partition coefficient (Wildman–Crippen LogP) is 3.97. The first kappa shape index (κ1) is 19.6. The molecule has 2 amide bonds. The van der Waals surface area contributed by atoms with Gasteiger partial charge >= 0.3 is 0 Å². The predicted molar refractivity (Wildman–Crippen MR) is 116 cm³/mol. The molecule has 8 heteroatoms. The Morgan fingerprint density at radius 3 is 2.67 bits per heavy atom. The summed E-state index contributed by atoms with van der Waals surface area (Å²) in [4.78, 5) is 34.2. The van der Waals surface area contributed by atoms with Crippen molar-refractivity contribution in [1.29, 1.82) is 0 Å². The lowest BCUT2D eigenvalue weighted by Gasteiger charge is -2.16. The summed E-state index contributed by atoms with van der Waals surface area (Å²) in [7, 11) is 1.52. The van der Waals surface area contributed by atoms with Crippen LogP contribution in [0.15, 0.2) is 61.2 Å². The van der Waals surface area contributed by atoms with E-state index in [1.165, 1.54) is 13.1 Å². The minimum atomic E-state index is -0.444. The highest BCUT2D eigenvalue weighted by Crippen LogP contribution is 2.28. The van der Waals surface area contributed by atoms with Crippen LogP contribution in [0.2, 0.25) is 5.02 Å². The van der Waals surface area contributed by atoms with Crippen LogP contribution in [-0.2, 0) is 0 Å². The van der Waals surface area contributed by atoms with E-state index in [2.05, 4.69) is 20.6 Å². The maximum absolute atomic E-state index is 13.3. The molecule has 0 atom stereocenters. The molecule has 0 aliphatic heterocycles. The molecule has 0 fully saturated rings. The molecular weight excluding hydrogens is 402 g/mol. The number of hydrogen-bond acceptors (Lipinski definition) is 4. The van der Waals surface area contributed by atoms with Gasteiger partial charge in [0, 0.05) is 36.2 Å². The highest BCUT2D eigenvalue weighted by Gasteiger charge is 2.22. The number of fused-ring (bicyclic) bond motifs is 1. The number of aryl methyl sites for hydroxylation is 1. The topological polar surface area (TPSA) is 88.4 Å². The third kappa shape index (κ3) is 3.51. The Balaban J connectivity index is 1.84. The molecule has 0 saturated heterocycles. The van der Waals surface area contributed by atoms with Gasteiger partial charge in [-0.15, -0.1) is 0 Å². The van der Waals surface area contributed by atoms with Crippen LogP contribution in [0.25, 0.3) is 16.8 Å². The SMILES string of the molecule is CNC(=O)c1cc(Cl)cc(C)c1NC(=O)c1ncc2cccn2c1-c1cccnc1. The minimum Gasteiger partial charge on any atom is -0.355 e. The molecule has 3 aromatic heterocycles. The molecule has 0 aliphatic rings. The normalized spacial score (nSPS) is 10.8. The number of aromatic nitrogens is 3. The smallest absolute Gasteiger partial charge is 0.276 e. The summed E-state index contributed by atoms with van der Waals surface area (Å²) in [5.41, 5.74) is 3.74. The van der Waals surface area contributed by atoms with Crippen molar-refractivity contribution in [1.82, 2.24) is 19.7 Å². The monoisotopic (exact) mass is 419 g/mol. The number of pyridine rings is 1. The zero-order chi connectivity index (χ0) is 21.3. The fourth-order valence-electron chi connectivity index (χ4n) is 3.35. The molecule has 0 unspecified atom stereocenters. The van der Waals surface area contributed by atoms with E-state index in [0.29, 0.717) is 22.0 Å². The highest BCUT2D eigenvalue weighted by molar-refractivity contribution is 6.31. The van der Waals surface area contributed by atoms with Gasteiger partial charge in [0.15, 0.2) is 5.69 Å². The standard InChI is InChI=1S/C22H18ClN5O2/c1-13-9-15(23)10-17(21(29)24-2)18(13)27-22(30)19-20(14-5-3-7-25-11-14)28-8-4-6-16(28)12-26-19/h3-12H,1-2H3,(H,24,29)(H,27,30). The second-order valence-corrected chi connectivity index (χ2v) is 7.12. The summed E-state index contributed by atoms with van der Waals surface area (Å²) in [5, 5.41) is 5.83. The molecular formula is C22H18ClN5O2. The van der Waals surface area contributed by atoms with E-state index in [0.717, 1.165) is 11.1 Å². The van der Waals surface area contributed by atoms with Gasteiger partial charge in [0.1, 0.15) is 0 Å². The first-order valence-electron chi connectivity index (χ1n) is 9.19. The second-order valence-electron chi connectivity index (χ2n) is 6.68. The summed E-state index contributed by atoms with van der Waals surface area (Å²) in [6.45, 7) is 1.78. The molecule has 4 rings (SSSR count). The van der Waals surface area contributed by atoms with Crippen LogP contribution in [0.3, 0.4) is 0 Å². The first-order chi connectivity index (χ1) is 14.5. The van der Waals surface area contributed by atoms with E-state index in [-0.39, 0.29) is 17.2 Å². The van der Waals surface area contributed by atoms with E-state index in [9.17, 15) is 9.59 Å². The van der Waals surface area contributed by atoms with Crippen LogP contribution in [0, 0.1) is 6.92 Å². The van der Waals surface area contributed by atoms with E-state index >= 15 is 0 Å². The molecule has 4 aromatic rings. The summed E-state index contributed by atoms with van der Waals surface area (Å²) >= 11 is 6.12. The molecule has 150 valence electrons. The van der Waals surface area contributed by atoms with Crippen molar-refractivity contribution in [2.24, 2.45) is 0 Å². The number of nitrogens with zero attached hydrogens (tertiary/aromatic N) is 3. The lowest BCUT2D eigenvalue weighted by Crippen LogP contribution is -2.23. The third-order valence-corrected chi connectivity index (χ3v) is 4.95. The molecule has 0 aliphatic carbocycles. The Bertz CT molecular complexity index is 1270. The van der Waals surface area contributed by atoms with Gasteiger partial charge in [0.2, 0.25) is 0 Å². The van der Waals surface area contributed by atoms with Crippen molar-refractivity contribution in [3.8, 4) is 11.3 Å². The molecule has 30 heavy (non-hydrogen) atoms. The minimum absolute atomic E-state index is 0.212. The average Bonchev–Trinajstić information content (AvgIpc) is 3.23. The molecule has 2 N–H and O–H groups in total. The zero-order valence-electron chi connectivity index (χ0n) is 16.3. The van der Waals surface area contributed by atoms with Crippen molar-refractivity contribution in [2.75, 3.05) is 12.4 Å². The Hall–Kier alpha value is -3.71. The van der Waals surface area contributed by atoms with Gasteiger partial charge in [-0.05, 0) is 48.9 Å². The summed E-state index contributed by atoms with van der Waals surface area (Å²) in [6.07, 6.45) is 6.83. The van der Waals surface area contributed by atoms with Crippen LogP contribution in [-0.4, -0.2) is 33.2 Å². The zero-order valence-corrected chi connectivity index (χ0v) is 17.1. The number of anilines is 1. The molecule has 1 aromatic carbocycles.